The number of rotatable bonds is 8. The van der Waals surface area contributed by atoms with E-state index in [4.69, 9.17) is 9.47 Å². The molecule has 0 bridgehead atoms. The van der Waals surface area contributed by atoms with Crippen molar-refractivity contribution in [2.24, 2.45) is 0 Å². The maximum atomic E-state index is 15.5. The normalized spacial score (nSPS) is 16.2. The summed E-state index contributed by atoms with van der Waals surface area (Å²) in [7, 11) is -7.96. The number of carbonyl (C=O) groups is 2. The molecule has 0 aliphatic carbocycles. The van der Waals surface area contributed by atoms with Crippen molar-refractivity contribution in [3.05, 3.63) is 78.1 Å². The van der Waals surface area contributed by atoms with Gasteiger partial charge in [0.15, 0.2) is 25.6 Å². The third-order valence-corrected chi connectivity index (χ3v) is 9.07. The second kappa shape index (κ2) is 12.7. The van der Waals surface area contributed by atoms with Crippen LogP contribution in [0.3, 0.4) is 0 Å². The Bertz CT molecular complexity index is 2030. The number of sulfone groups is 2. The predicted molar refractivity (Wildman–Crippen MR) is 167 cm³/mol. The first-order valence-corrected chi connectivity index (χ1v) is 17.8. The Morgan fingerprint density at radius 3 is 2.36 bits per heavy atom. The molecule has 47 heavy (non-hydrogen) atoms. The Balaban J connectivity index is 1.56. The number of carbonyl (C=O) groups excluding carboxylic acids is 2. The van der Waals surface area contributed by atoms with Crippen LogP contribution >= 0.6 is 0 Å². The van der Waals surface area contributed by atoms with Crippen LogP contribution in [0.4, 0.5) is 14.9 Å². The molecule has 1 atom stereocenters. The van der Waals surface area contributed by atoms with Crippen LogP contribution < -0.4 is 15.0 Å². The number of nitrogens with zero attached hydrogens (tertiary/aromatic N) is 5. The predicted octanol–water partition coefficient (Wildman–Crippen LogP) is 3.49. The zero-order chi connectivity index (χ0) is 34.1. The fourth-order valence-corrected chi connectivity index (χ4v) is 6.81. The summed E-state index contributed by atoms with van der Waals surface area (Å²) >= 11 is 0. The number of hydrogen-bond acceptors (Lipinski definition) is 11. The molecule has 0 saturated heterocycles. The van der Waals surface area contributed by atoms with Crippen LogP contribution in [0.5, 0.6) is 11.5 Å². The minimum Gasteiger partial charge on any atom is -0.457 e. The van der Waals surface area contributed by atoms with Gasteiger partial charge >= 0.3 is 6.09 Å². The molecule has 4 aromatic rings. The fourth-order valence-electron chi connectivity index (χ4n) is 4.66. The lowest BCUT2D eigenvalue weighted by Gasteiger charge is -2.27. The van der Waals surface area contributed by atoms with E-state index in [0.29, 0.717) is 17.1 Å². The van der Waals surface area contributed by atoms with Crippen molar-refractivity contribution in [2.45, 2.75) is 49.7 Å². The maximum absolute atomic E-state index is 15.5. The van der Waals surface area contributed by atoms with Crippen LogP contribution in [0.1, 0.15) is 26.3 Å². The maximum Gasteiger partial charge on any atom is 0.408 e. The minimum atomic E-state index is -4.39. The topological polar surface area (TPSA) is 180 Å². The number of fused-ring (bicyclic) bond motifs is 1. The van der Waals surface area contributed by atoms with Crippen LogP contribution in [0, 0.1) is 5.82 Å². The molecule has 2 heterocycles. The number of alkyl carbamates (subject to hydrolysis) is 1. The monoisotopic (exact) mass is 686 g/mol. The van der Waals surface area contributed by atoms with Crippen molar-refractivity contribution in [3.63, 3.8) is 0 Å². The van der Waals surface area contributed by atoms with Gasteiger partial charge in [0.1, 0.15) is 29.0 Å². The zero-order valence-corrected chi connectivity index (χ0v) is 27.4. The Labute approximate surface area is 270 Å². The molecular formula is C30H31FN6O8S2. The lowest BCUT2D eigenvalue weighted by atomic mass is 10.1. The Morgan fingerprint density at radius 1 is 1.06 bits per heavy atom. The first-order chi connectivity index (χ1) is 22.0. The molecule has 1 aliphatic rings. The number of aromatic nitrogens is 4. The molecule has 0 fully saturated rings. The van der Waals surface area contributed by atoms with E-state index in [1.807, 2.05) is 18.2 Å². The second-order valence-corrected chi connectivity index (χ2v) is 15.9. The van der Waals surface area contributed by atoms with Gasteiger partial charge in [-0.15, -0.1) is 15.0 Å². The molecule has 17 heteroatoms. The highest BCUT2D eigenvalue weighted by Gasteiger charge is 2.40. The largest absolute Gasteiger partial charge is 0.457 e. The van der Waals surface area contributed by atoms with E-state index in [-0.39, 0.29) is 23.6 Å². The quantitative estimate of drug-likeness (QED) is 0.287. The highest BCUT2D eigenvalue weighted by Crippen LogP contribution is 2.37. The van der Waals surface area contributed by atoms with E-state index in [1.165, 1.54) is 0 Å². The first-order valence-electron chi connectivity index (χ1n) is 14.1. The van der Waals surface area contributed by atoms with Crippen molar-refractivity contribution in [3.8, 4) is 22.9 Å². The van der Waals surface area contributed by atoms with Crippen LogP contribution in [-0.2, 0) is 41.6 Å². The Morgan fingerprint density at radius 2 is 1.72 bits per heavy atom. The summed E-state index contributed by atoms with van der Waals surface area (Å²) in [5.74, 6) is -2.60. The van der Waals surface area contributed by atoms with E-state index < -0.39 is 65.7 Å². The van der Waals surface area contributed by atoms with Gasteiger partial charge in [0.2, 0.25) is 5.82 Å². The third-order valence-electron chi connectivity index (χ3n) is 6.60. The van der Waals surface area contributed by atoms with Crippen LogP contribution in [0.2, 0.25) is 0 Å². The summed E-state index contributed by atoms with van der Waals surface area (Å²) in [6.45, 7) is 4.63. The average molecular weight is 687 g/mol. The Kier molecular flexibility index (Phi) is 9.05. The number of anilines is 1. The summed E-state index contributed by atoms with van der Waals surface area (Å²) in [6, 6.07) is 16.0. The molecular weight excluding hydrogens is 655 g/mol. The fraction of sp³-hybridized carbons (Fsp3) is 0.300. The number of nitrogens with one attached hydrogen (secondary N) is 1. The molecule has 1 aliphatic heterocycles. The van der Waals surface area contributed by atoms with E-state index in [1.54, 1.807) is 57.2 Å². The standard InChI is InChI=1S/C30H31FN6O8S2/c1-30(2,3)45-29(39)32-24-17-47(42,43)26-15-23(31)22(27-33-35-37(34-27)18-46(4,40)41)14-25(26)36(28(24)38)16-19-10-12-21(13-11-19)44-20-8-6-5-7-9-20/h5-15,24H,16-18H2,1-4H3,(H,32,39)/t24-/m0/s1. The average Bonchev–Trinajstić information content (AvgIpc) is 3.39. The molecule has 14 nitrogen and oxygen atoms in total. The molecule has 248 valence electrons. The highest BCUT2D eigenvalue weighted by atomic mass is 32.2. The van der Waals surface area contributed by atoms with Crippen molar-refractivity contribution in [1.82, 2.24) is 25.5 Å². The van der Waals surface area contributed by atoms with E-state index in [0.717, 1.165) is 28.1 Å². The van der Waals surface area contributed by atoms with Crippen molar-refractivity contribution in [2.75, 3.05) is 16.9 Å². The van der Waals surface area contributed by atoms with E-state index in [9.17, 15) is 26.4 Å². The van der Waals surface area contributed by atoms with E-state index in [2.05, 4.69) is 20.7 Å². The van der Waals surface area contributed by atoms with Crippen molar-refractivity contribution >= 4 is 37.4 Å². The molecule has 2 amide bonds. The summed E-state index contributed by atoms with van der Waals surface area (Å²) in [6.07, 6.45) is -0.0620. The second-order valence-electron chi connectivity index (χ2n) is 11.8. The number of amides is 2. The molecule has 1 aromatic heterocycles. The summed E-state index contributed by atoms with van der Waals surface area (Å²) in [5.41, 5.74) is -0.934. The first kappa shape index (κ1) is 33.5. The number of tetrazole rings is 1. The number of halogens is 1. The van der Waals surface area contributed by atoms with Crippen LogP contribution in [0.25, 0.3) is 11.4 Å². The third kappa shape index (κ3) is 8.28. The van der Waals surface area contributed by atoms with Gasteiger partial charge in [0.05, 0.1) is 28.4 Å². The highest BCUT2D eigenvalue weighted by molar-refractivity contribution is 7.91. The smallest absolute Gasteiger partial charge is 0.408 e. The van der Waals surface area contributed by atoms with Gasteiger partial charge in [-0.3, -0.25) is 4.79 Å². The SMILES string of the molecule is CC(C)(C)OC(=O)N[C@H]1CS(=O)(=O)c2cc(F)c(-c3nnn(CS(C)(=O)=O)n3)cc2N(Cc2ccc(Oc3ccccc3)cc2)C1=O. The van der Waals surface area contributed by atoms with Gasteiger partial charge in [-0.2, -0.15) is 0 Å². The van der Waals surface area contributed by atoms with Crippen molar-refractivity contribution in [1.29, 1.82) is 0 Å². The number of para-hydroxylation sites is 1. The lowest BCUT2D eigenvalue weighted by molar-refractivity contribution is -0.120. The molecule has 0 unspecified atom stereocenters. The Hall–Kier alpha value is -4.90. The van der Waals surface area contributed by atoms with Gasteiger partial charge in [-0.05, 0) is 67.9 Å². The van der Waals surface area contributed by atoms with Crippen molar-refractivity contribution < 1.29 is 40.3 Å². The lowest BCUT2D eigenvalue weighted by Crippen LogP contribution is -2.51. The number of ether oxygens (including phenoxy) is 2. The van der Waals surface area contributed by atoms with Crippen LogP contribution in [0.15, 0.2) is 71.6 Å². The van der Waals surface area contributed by atoms with Gasteiger partial charge in [0, 0.05) is 6.26 Å². The molecule has 0 radical (unpaired) electrons. The summed E-state index contributed by atoms with van der Waals surface area (Å²) < 4.78 is 77.3. The number of benzene rings is 3. The zero-order valence-electron chi connectivity index (χ0n) is 25.7. The molecule has 0 saturated carbocycles. The molecule has 5 rings (SSSR count). The van der Waals surface area contributed by atoms with Gasteiger partial charge in [-0.25, -0.2) is 26.0 Å². The summed E-state index contributed by atoms with van der Waals surface area (Å²) in [5, 5.41) is 13.7. The van der Waals surface area contributed by atoms with E-state index >= 15 is 4.39 Å². The summed E-state index contributed by atoms with van der Waals surface area (Å²) in [4.78, 5) is 28.1. The van der Waals surface area contributed by atoms with Gasteiger partial charge < -0.3 is 19.7 Å². The minimum absolute atomic E-state index is 0.196. The molecule has 3 aromatic carbocycles. The van der Waals surface area contributed by atoms with Gasteiger partial charge in [-0.1, -0.05) is 30.3 Å². The molecule has 0 spiro atoms. The van der Waals surface area contributed by atoms with Gasteiger partial charge in [0.25, 0.3) is 5.91 Å². The molecule has 1 N–H and O–H groups in total. The van der Waals surface area contributed by atoms with Crippen LogP contribution in [-0.4, -0.2) is 72.7 Å². The number of hydrogen-bond donors (Lipinski definition) is 1.